The molecule has 2 aliphatic heterocycles. The van der Waals surface area contributed by atoms with E-state index in [0.29, 0.717) is 38.5 Å². The molecule has 2 saturated heterocycles. The fourth-order valence-corrected chi connectivity index (χ4v) is 10.4. The number of ether oxygens (including phenoxy) is 4. The van der Waals surface area contributed by atoms with Crippen LogP contribution < -0.4 is 0 Å². The molecule has 2 heterocycles. The van der Waals surface area contributed by atoms with Crippen molar-refractivity contribution in [1.82, 2.24) is 0 Å². The summed E-state index contributed by atoms with van der Waals surface area (Å²) < 4.78 is 22.7. The fraction of sp³-hybridized carbons (Fsp3) is 0.919. The fourth-order valence-electron chi connectivity index (χ4n) is 10.4. The molecule has 0 aromatic heterocycles. The number of fused-ring (bicyclic) bond motifs is 3. The average Bonchev–Trinajstić information content (AvgIpc) is 3.31. The number of aliphatic hydroxyl groups excluding tert-OH is 12. The van der Waals surface area contributed by atoms with Crippen LogP contribution in [0.5, 0.6) is 0 Å². The lowest BCUT2D eigenvalue weighted by Crippen LogP contribution is -2.61. The molecule has 0 bridgehead atoms. The highest BCUT2D eigenvalue weighted by atomic mass is 16.7. The summed E-state index contributed by atoms with van der Waals surface area (Å²) in [6.07, 6.45) is -17.2. The maximum absolute atomic E-state index is 14.0. The second-order valence-corrected chi connectivity index (χ2v) is 16.9. The van der Waals surface area contributed by atoms with Crippen LogP contribution in [-0.2, 0) is 23.7 Å². The van der Waals surface area contributed by atoms with E-state index in [0.717, 1.165) is 18.4 Å². The topological polar surface area (TPSA) is 297 Å². The van der Waals surface area contributed by atoms with E-state index in [2.05, 4.69) is 13.5 Å². The van der Waals surface area contributed by atoms with Gasteiger partial charge in [-0.15, -0.1) is 0 Å². The molecule has 54 heavy (non-hydrogen) atoms. The van der Waals surface area contributed by atoms with Gasteiger partial charge in [0.2, 0.25) is 6.29 Å². The quantitative estimate of drug-likeness (QED) is 0.0702. The van der Waals surface area contributed by atoms with Crippen LogP contribution in [0.3, 0.4) is 0 Å². The molecule has 5 fully saturated rings. The van der Waals surface area contributed by atoms with Crippen molar-refractivity contribution in [3.63, 3.8) is 0 Å². The Balaban J connectivity index is 1.33. The molecule has 5 aliphatic rings. The van der Waals surface area contributed by atoms with Crippen molar-refractivity contribution in [3.05, 3.63) is 12.2 Å². The maximum Gasteiger partial charge on any atom is 0.314 e. The second-order valence-electron chi connectivity index (χ2n) is 16.9. The van der Waals surface area contributed by atoms with E-state index in [9.17, 15) is 66.1 Å². The summed E-state index contributed by atoms with van der Waals surface area (Å²) >= 11 is 0. The minimum atomic E-state index is -1.87. The van der Waals surface area contributed by atoms with Crippen molar-refractivity contribution in [2.75, 3.05) is 19.8 Å². The first-order chi connectivity index (χ1) is 25.4. The lowest BCUT2D eigenvalue weighted by Gasteiger charge is -2.59. The summed E-state index contributed by atoms with van der Waals surface area (Å²) in [5, 5.41) is 123. The van der Waals surface area contributed by atoms with Crippen LogP contribution in [0.4, 0.5) is 0 Å². The van der Waals surface area contributed by atoms with Gasteiger partial charge in [-0.3, -0.25) is 4.79 Å². The molecular weight excluding hydrogens is 716 g/mol. The Morgan fingerprint density at radius 3 is 1.98 bits per heavy atom. The maximum atomic E-state index is 14.0. The molecule has 3 aliphatic carbocycles. The van der Waals surface area contributed by atoms with Crippen molar-refractivity contribution < 1.29 is 85.0 Å². The standard InChI is InChI=1S/C37H62O17/c1-16-11-18-6-8-24-36(2,9-4-10-37(24,3)35(50)54-34-32(49)30(47)28(45)23(15-40)53-34)19(18)7-5-17(16)12-21(26(43)25(42)20(41)13-38)51-33-31(48)29(46)27(44)22(14-39)52-33/h17-34,38-49H,1,4-15H2,2-3H3/t17?,18?,19-,20?,21?,22?,23?,24?,25?,26?,27?,28?,29?,30?,31?,32?,33?,34?,36+,37-/m1/s1. The van der Waals surface area contributed by atoms with Crippen molar-refractivity contribution >= 4 is 5.97 Å². The molecule has 17 unspecified atom stereocenters. The predicted molar refractivity (Wildman–Crippen MR) is 184 cm³/mol. The van der Waals surface area contributed by atoms with E-state index in [1.54, 1.807) is 0 Å². The SMILES string of the molecule is C=C1CC2CCC3[C@](C)(C(=O)OC4OC(CO)C(O)C(O)C4O)CCC[C@@]3(C)[C@@H]2CCC1CC(OC1OC(CO)C(O)C(O)C1O)C(O)C(O)C(O)CO. The van der Waals surface area contributed by atoms with E-state index >= 15 is 0 Å². The van der Waals surface area contributed by atoms with E-state index in [4.69, 9.17) is 18.9 Å². The predicted octanol–water partition coefficient (Wildman–Crippen LogP) is -2.83. The van der Waals surface area contributed by atoms with Gasteiger partial charge in [0.25, 0.3) is 0 Å². The molecule has 17 nitrogen and oxygen atoms in total. The van der Waals surface area contributed by atoms with Crippen LogP contribution in [0.1, 0.15) is 71.6 Å². The molecule has 0 amide bonds. The number of allylic oxidation sites excluding steroid dienone is 1. The second kappa shape index (κ2) is 17.6. The lowest BCUT2D eigenvalue weighted by molar-refractivity contribution is -0.321. The zero-order chi connectivity index (χ0) is 39.9. The molecule has 17 heteroatoms. The number of hydrogen-bond donors (Lipinski definition) is 12. The van der Waals surface area contributed by atoms with E-state index in [1.807, 2.05) is 6.92 Å². The highest BCUT2D eigenvalue weighted by Gasteiger charge is 2.60. The van der Waals surface area contributed by atoms with Crippen molar-refractivity contribution in [2.45, 2.75) is 157 Å². The zero-order valence-electron chi connectivity index (χ0n) is 31.0. The zero-order valence-corrected chi connectivity index (χ0v) is 31.0. The molecule has 0 spiro atoms. The van der Waals surface area contributed by atoms with Gasteiger partial charge in [0.15, 0.2) is 6.29 Å². The number of carbonyl (C=O) groups is 1. The van der Waals surface area contributed by atoms with Crippen LogP contribution in [0.2, 0.25) is 0 Å². The van der Waals surface area contributed by atoms with Crippen molar-refractivity contribution in [2.24, 2.45) is 34.5 Å². The van der Waals surface area contributed by atoms with Crippen LogP contribution in [0, 0.1) is 34.5 Å². The van der Waals surface area contributed by atoms with Crippen molar-refractivity contribution in [1.29, 1.82) is 0 Å². The summed E-state index contributed by atoms with van der Waals surface area (Å²) in [6.45, 7) is 6.22. The van der Waals surface area contributed by atoms with E-state index in [-0.39, 0.29) is 35.5 Å². The summed E-state index contributed by atoms with van der Waals surface area (Å²) in [4.78, 5) is 14.0. The molecule has 20 atom stereocenters. The third kappa shape index (κ3) is 8.29. The highest BCUT2D eigenvalue weighted by molar-refractivity contribution is 5.77. The Kier molecular flexibility index (Phi) is 14.3. The van der Waals surface area contributed by atoms with Crippen LogP contribution in [0.25, 0.3) is 0 Å². The van der Waals surface area contributed by atoms with Gasteiger partial charge in [-0.1, -0.05) is 25.5 Å². The van der Waals surface area contributed by atoms with Crippen LogP contribution >= 0.6 is 0 Å². The Bertz CT molecular complexity index is 1270. The molecule has 0 aromatic carbocycles. The normalized spacial score (nSPS) is 46.7. The third-order valence-electron chi connectivity index (χ3n) is 13.7. The number of hydrogen-bond acceptors (Lipinski definition) is 17. The number of esters is 1. The summed E-state index contributed by atoms with van der Waals surface area (Å²) in [5.41, 5.74) is -0.443. The molecule has 12 N–H and O–H groups in total. The van der Waals surface area contributed by atoms with Crippen LogP contribution in [0.15, 0.2) is 12.2 Å². The third-order valence-corrected chi connectivity index (χ3v) is 13.7. The summed E-state index contributed by atoms with van der Waals surface area (Å²) in [5.74, 6) is -0.686. The number of aliphatic hydroxyl groups is 12. The molecule has 5 rings (SSSR count). The van der Waals surface area contributed by atoms with E-state index < -0.39 is 117 Å². The number of rotatable bonds is 12. The van der Waals surface area contributed by atoms with Gasteiger partial charge >= 0.3 is 5.97 Å². The Labute approximate surface area is 314 Å². The van der Waals surface area contributed by atoms with E-state index in [1.165, 1.54) is 0 Å². The van der Waals surface area contributed by atoms with Gasteiger partial charge in [0.1, 0.15) is 67.1 Å². The molecule has 0 aromatic rings. The molecule has 312 valence electrons. The number of carbonyl (C=O) groups excluding carboxylic acids is 1. The highest BCUT2D eigenvalue weighted by Crippen LogP contribution is 2.64. The molecule has 3 saturated carbocycles. The summed E-state index contributed by atoms with van der Waals surface area (Å²) in [6, 6.07) is 0. The van der Waals surface area contributed by atoms with Gasteiger partial charge in [-0.2, -0.15) is 0 Å². The van der Waals surface area contributed by atoms with Crippen molar-refractivity contribution in [3.8, 4) is 0 Å². The Morgan fingerprint density at radius 1 is 0.796 bits per heavy atom. The largest absolute Gasteiger partial charge is 0.432 e. The van der Waals surface area contributed by atoms with Gasteiger partial charge < -0.3 is 80.2 Å². The minimum Gasteiger partial charge on any atom is -0.432 e. The lowest BCUT2D eigenvalue weighted by atomic mass is 9.45. The molecule has 0 radical (unpaired) electrons. The van der Waals surface area contributed by atoms with Gasteiger partial charge in [0.05, 0.1) is 31.3 Å². The van der Waals surface area contributed by atoms with Crippen LogP contribution in [-0.4, -0.2) is 173 Å². The van der Waals surface area contributed by atoms with Gasteiger partial charge in [-0.05, 0) is 87.4 Å². The van der Waals surface area contributed by atoms with Gasteiger partial charge in [0, 0.05) is 0 Å². The Hall–Kier alpha value is -1.39. The first-order valence-corrected chi connectivity index (χ1v) is 19.2. The van der Waals surface area contributed by atoms with Gasteiger partial charge in [-0.25, -0.2) is 0 Å². The monoisotopic (exact) mass is 778 g/mol. The smallest absolute Gasteiger partial charge is 0.314 e. The average molecular weight is 779 g/mol. The minimum absolute atomic E-state index is 0.0347. The Morgan fingerprint density at radius 2 is 1.39 bits per heavy atom. The molecular formula is C37H62O17. The first kappa shape index (κ1) is 43.7. The summed E-state index contributed by atoms with van der Waals surface area (Å²) in [7, 11) is 0. The first-order valence-electron chi connectivity index (χ1n) is 19.2.